The minimum Gasteiger partial charge on any atom is -0.384 e. The fourth-order valence-corrected chi connectivity index (χ4v) is 2.94. The first-order valence-corrected chi connectivity index (χ1v) is 7.33. The van der Waals surface area contributed by atoms with Crippen LogP contribution in [-0.2, 0) is 16.6 Å². The van der Waals surface area contributed by atoms with Gasteiger partial charge < -0.3 is 5.11 Å². The van der Waals surface area contributed by atoms with Gasteiger partial charge in [-0.2, -0.15) is 0 Å². The Hall–Kier alpha value is -1.35. The molecule has 0 saturated heterocycles. The molecule has 0 spiro atoms. The SMILES string of the molecule is O=S(=O)(NCc1cccc(C#CCO)c1)C1CC1. The molecule has 18 heavy (non-hydrogen) atoms. The van der Waals surface area contributed by atoms with Crippen LogP contribution in [0.25, 0.3) is 0 Å². The van der Waals surface area contributed by atoms with Crippen LogP contribution in [0.5, 0.6) is 0 Å². The van der Waals surface area contributed by atoms with Gasteiger partial charge in [-0.25, -0.2) is 13.1 Å². The quantitative estimate of drug-likeness (QED) is 0.784. The maximum atomic E-state index is 11.7. The number of aliphatic hydroxyl groups is 1. The van der Waals surface area contributed by atoms with Crippen molar-refractivity contribution < 1.29 is 13.5 Å². The molecule has 96 valence electrons. The van der Waals surface area contributed by atoms with Crippen molar-refractivity contribution >= 4 is 10.0 Å². The van der Waals surface area contributed by atoms with Crippen molar-refractivity contribution in [2.24, 2.45) is 0 Å². The molecule has 2 rings (SSSR count). The maximum absolute atomic E-state index is 11.7. The van der Waals surface area contributed by atoms with Crippen LogP contribution in [0.1, 0.15) is 24.0 Å². The summed E-state index contributed by atoms with van der Waals surface area (Å²) in [5.74, 6) is 5.35. The smallest absolute Gasteiger partial charge is 0.214 e. The molecular weight excluding hydrogens is 250 g/mol. The molecule has 0 radical (unpaired) electrons. The first-order valence-electron chi connectivity index (χ1n) is 5.79. The van der Waals surface area contributed by atoms with E-state index in [1.165, 1.54) is 0 Å². The lowest BCUT2D eigenvalue weighted by Crippen LogP contribution is -2.26. The Balaban J connectivity index is 2.01. The summed E-state index contributed by atoms with van der Waals surface area (Å²) in [6.07, 6.45) is 1.52. The van der Waals surface area contributed by atoms with Gasteiger partial charge in [0.25, 0.3) is 0 Å². The lowest BCUT2D eigenvalue weighted by Gasteiger charge is -2.05. The van der Waals surface area contributed by atoms with Crippen LogP contribution in [0.3, 0.4) is 0 Å². The van der Waals surface area contributed by atoms with E-state index in [1.54, 1.807) is 0 Å². The van der Waals surface area contributed by atoms with Gasteiger partial charge in [0.1, 0.15) is 6.61 Å². The number of hydrogen-bond donors (Lipinski definition) is 2. The van der Waals surface area contributed by atoms with Crippen molar-refractivity contribution in [1.29, 1.82) is 0 Å². The highest BCUT2D eigenvalue weighted by atomic mass is 32.2. The van der Waals surface area contributed by atoms with Crippen LogP contribution in [0.2, 0.25) is 0 Å². The van der Waals surface area contributed by atoms with Gasteiger partial charge >= 0.3 is 0 Å². The molecule has 1 saturated carbocycles. The van der Waals surface area contributed by atoms with E-state index in [4.69, 9.17) is 5.11 Å². The minimum absolute atomic E-state index is 0.182. The summed E-state index contributed by atoms with van der Waals surface area (Å²) >= 11 is 0. The molecule has 1 aliphatic carbocycles. The van der Waals surface area contributed by atoms with E-state index in [1.807, 2.05) is 24.3 Å². The number of rotatable bonds is 4. The second-order valence-electron chi connectivity index (χ2n) is 4.23. The molecule has 5 heteroatoms. The maximum Gasteiger partial charge on any atom is 0.214 e. The predicted octanol–water partition coefficient (Wildman–Crippen LogP) is 0.612. The van der Waals surface area contributed by atoms with Crippen LogP contribution in [0, 0.1) is 11.8 Å². The number of benzene rings is 1. The van der Waals surface area contributed by atoms with E-state index >= 15 is 0 Å². The molecule has 1 aromatic rings. The zero-order valence-electron chi connectivity index (χ0n) is 9.89. The summed E-state index contributed by atoms with van der Waals surface area (Å²) in [6, 6.07) is 7.31. The molecule has 0 aromatic heterocycles. The molecule has 0 amide bonds. The van der Waals surface area contributed by atoms with Gasteiger partial charge in [0.05, 0.1) is 5.25 Å². The van der Waals surface area contributed by atoms with Gasteiger partial charge in [-0.3, -0.25) is 0 Å². The van der Waals surface area contributed by atoms with Gasteiger partial charge in [-0.15, -0.1) is 0 Å². The number of nitrogens with one attached hydrogen (secondary N) is 1. The Bertz CT molecular complexity index is 580. The summed E-state index contributed by atoms with van der Waals surface area (Å²) in [4.78, 5) is 0. The Morgan fingerprint density at radius 2 is 2.17 bits per heavy atom. The second kappa shape index (κ2) is 5.53. The topological polar surface area (TPSA) is 66.4 Å². The predicted molar refractivity (Wildman–Crippen MR) is 69.2 cm³/mol. The molecule has 0 unspecified atom stereocenters. The molecular formula is C13H15NO3S. The van der Waals surface area contributed by atoms with Crippen LogP contribution in [-0.4, -0.2) is 25.4 Å². The van der Waals surface area contributed by atoms with Crippen molar-refractivity contribution in [3.05, 3.63) is 35.4 Å². The molecule has 0 heterocycles. The molecule has 4 nitrogen and oxygen atoms in total. The van der Waals surface area contributed by atoms with Crippen molar-refractivity contribution in [2.45, 2.75) is 24.6 Å². The molecule has 2 N–H and O–H groups in total. The third-order valence-corrected chi connectivity index (χ3v) is 4.58. The highest BCUT2D eigenvalue weighted by Gasteiger charge is 2.35. The van der Waals surface area contributed by atoms with E-state index in [9.17, 15) is 8.42 Å². The van der Waals surface area contributed by atoms with Crippen molar-refractivity contribution in [3.63, 3.8) is 0 Å². The van der Waals surface area contributed by atoms with Crippen LogP contribution in [0.15, 0.2) is 24.3 Å². The van der Waals surface area contributed by atoms with E-state index in [2.05, 4.69) is 16.6 Å². The highest BCUT2D eigenvalue weighted by molar-refractivity contribution is 7.90. The third-order valence-electron chi connectivity index (χ3n) is 2.68. The summed E-state index contributed by atoms with van der Waals surface area (Å²) in [5, 5.41) is 8.41. The zero-order chi connectivity index (χ0) is 13.0. The average Bonchev–Trinajstić information content (AvgIpc) is 3.19. The van der Waals surface area contributed by atoms with Gasteiger partial charge in [0.15, 0.2) is 0 Å². The van der Waals surface area contributed by atoms with Crippen molar-refractivity contribution in [3.8, 4) is 11.8 Å². The summed E-state index contributed by atoms with van der Waals surface area (Å²) < 4.78 is 25.9. The monoisotopic (exact) mass is 265 g/mol. The highest BCUT2D eigenvalue weighted by Crippen LogP contribution is 2.27. The van der Waals surface area contributed by atoms with Crippen molar-refractivity contribution in [2.75, 3.05) is 6.61 Å². The fourth-order valence-electron chi connectivity index (χ4n) is 1.58. The van der Waals surface area contributed by atoms with Gasteiger partial charge in [-0.05, 0) is 30.5 Å². The number of sulfonamides is 1. The van der Waals surface area contributed by atoms with Gasteiger partial charge in [0, 0.05) is 12.1 Å². The Kier molecular flexibility index (Phi) is 4.02. The van der Waals surface area contributed by atoms with E-state index in [0.717, 1.165) is 24.0 Å². The summed E-state index contributed by atoms with van der Waals surface area (Å²) in [7, 11) is -3.14. The first-order chi connectivity index (χ1) is 8.62. The number of hydrogen-bond acceptors (Lipinski definition) is 3. The Labute approximate surface area is 107 Å². The zero-order valence-corrected chi connectivity index (χ0v) is 10.7. The second-order valence-corrected chi connectivity index (χ2v) is 6.27. The largest absolute Gasteiger partial charge is 0.384 e. The lowest BCUT2D eigenvalue weighted by atomic mass is 10.1. The average molecular weight is 265 g/mol. The third kappa shape index (κ3) is 3.57. The fraction of sp³-hybridized carbons (Fsp3) is 0.385. The van der Waals surface area contributed by atoms with E-state index < -0.39 is 10.0 Å². The number of aliphatic hydroxyl groups excluding tert-OH is 1. The molecule has 1 aromatic carbocycles. The standard InChI is InChI=1S/C13H15NO3S/c15-8-2-5-11-3-1-4-12(9-11)10-14-18(16,17)13-6-7-13/h1,3-4,9,13-15H,6-8,10H2. The molecule has 0 bridgehead atoms. The van der Waals surface area contributed by atoms with Crippen LogP contribution >= 0.6 is 0 Å². The van der Waals surface area contributed by atoms with Crippen molar-refractivity contribution in [1.82, 2.24) is 4.72 Å². The molecule has 1 aliphatic rings. The molecule has 1 fully saturated rings. The van der Waals surface area contributed by atoms with Crippen LogP contribution in [0.4, 0.5) is 0 Å². The van der Waals surface area contributed by atoms with E-state index in [-0.39, 0.29) is 18.4 Å². The van der Waals surface area contributed by atoms with Gasteiger partial charge in [0.2, 0.25) is 10.0 Å². The normalized spacial score (nSPS) is 14.9. The van der Waals surface area contributed by atoms with E-state index in [0.29, 0.717) is 0 Å². The Morgan fingerprint density at radius 3 is 2.83 bits per heavy atom. The summed E-state index contributed by atoms with van der Waals surface area (Å²) in [5.41, 5.74) is 1.64. The summed E-state index contributed by atoms with van der Waals surface area (Å²) in [6.45, 7) is 0.103. The lowest BCUT2D eigenvalue weighted by molar-refractivity contribution is 0.350. The molecule has 0 atom stereocenters. The van der Waals surface area contributed by atoms with Crippen LogP contribution < -0.4 is 4.72 Å². The Morgan fingerprint density at radius 1 is 1.39 bits per heavy atom. The minimum atomic E-state index is -3.14. The molecule has 0 aliphatic heterocycles. The first kappa shape index (κ1) is 13.1. The van der Waals surface area contributed by atoms with Gasteiger partial charge in [-0.1, -0.05) is 24.0 Å².